The topological polar surface area (TPSA) is 77.3 Å². The predicted octanol–water partition coefficient (Wildman–Crippen LogP) is 1.14. The van der Waals surface area contributed by atoms with E-state index in [0.29, 0.717) is 25.8 Å². The number of carbonyl (C=O) groups is 1. The smallest absolute Gasteiger partial charge is 0.310 e. The number of ether oxygens (including phenoxy) is 1. The number of piperidine rings is 1. The second-order valence-corrected chi connectivity index (χ2v) is 9.09. The molecule has 3 fully saturated rings. The van der Waals surface area contributed by atoms with E-state index in [1.807, 2.05) is 32.1 Å². The maximum absolute atomic E-state index is 13.4. The first-order valence-electron chi connectivity index (χ1n) is 10.2. The van der Waals surface area contributed by atoms with Crippen molar-refractivity contribution in [3.8, 4) is 0 Å². The minimum Gasteiger partial charge on any atom is -0.632 e. The zero-order chi connectivity index (χ0) is 19.8. The minimum atomic E-state index is -0.674. The summed E-state index contributed by atoms with van der Waals surface area (Å²) in [6.45, 7) is 4.37. The largest absolute Gasteiger partial charge is 0.632 e. The third-order valence-corrected chi connectivity index (χ3v) is 8.01. The normalized spacial score (nSPS) is 44.8. The molecule has 3 aliphatic heterocycles. The second-order valence-electron chi connectivity index (χ2n) is 9.09. The fourth-order valence-corrected chi connectivity index (χ4v) is 6.98. The third-order valence-electron chi connectivity index (χ3n) is 8.01. The highest BCUT2D eigenvalue weighted by Gasteiger charge is 2.71. The van der Waals surface area contributed by atoms with Crippen molar-refractivity contribution in [2.24, 2.45) is 11.8 Å². The quantitative estimate of drug-likeness (QED) is 0.431. The molecule has 0 spiro atoms. The Bertz CT molecular complexity index is 870. The molecule has 0 amide bonds. The van der Waals surface area contributed by atoms with Gasteiger partial charge in [-0.15, -0.1) is 0 Å². The molecule has 28 heavy (non-hydrogen) atoms. The Morgan fingerprint density at radius 2 is 2.14 bits per heavy atom. The third kappa shape index (κ3) is 1.96. The molecule has 2 saturated heterocycles. The van der Waals surface area contributed by atoms with Crippen LogP contribution in [0.25, 0.3) is 0 Å². The van der Waals surface area contributed by atoms with Gasteiger partial charge in [0.1, 0.15) is 6.54 Å². The number of benzene rings is 1. The molecule has 6 nitrogen and oxygen atoms in total. The van der Waals surface area contributed by atoms with Crippen molar-refractivity contribution >= 4 is 11.7 Å². The summed E-state index contributed by atoms with van der Waals surface area (Å²) >= 11 is 0. The molecule has 4 bridgehead atoms. The Hall–Kier alpha value is -1.89. The van der Waals surface area contributed by atoms with Gasteiger partial charge in [-0.25, -0.2) is 0 Å². The van der Waals surface area contributed by atoms with Gasteiger partial charge < -0.3 is 25.0 Å². The van der Waals surface area contributed by atoms with Crippen LogP contribution in [-0.4, -0.2) is 42.5 Å². The van der Waals surface area contributed by atoms with Crippen LogP contribution in [0.15, 0.2) is 35.9 Å². The number of hydroxylamine groups is 2. The Kier molecular flexibility index (Phi) is 3.77. The van der Waals surface area contributed by atoms with E-state index in [1.165, 1.54) is 7.11 Å². The fraction of sp³-hybridized carbons (Fsp3) is 0.591. The summed E-state index contributed by atoms with van der Waals surface area (Å²) in [7, 11) is 1.45. The number of aliphatic hydroxyl groups is 1. The molecule has 6 heteroatoms. The zero-order valence-electron chi connectivity index (χ0n) is 16.6. The van der Waals surface area contributed by atoms with Crippen LogP contribution in [0.4, 0.5) is 5.69 Å². The number of rotatable bonds is 1. The van der Waals surface area contributed by atoms with Gasteiger partial charge in [-0.2, -0.15) is 0 Å². The highest BCUT2D eigenvalue weighted by molar-refractivity contribution is 5.80. The summed E-state index contributed by atoms with van der Waals surface area (Å²) in [5.41, 5.74) is 1.98. The lowest BCUT2D eigenvalue weighted by Gasteiger charge is -2.53. The van der Waals surface area contributed by atoms with Gasteiger partial charge in [0.15, 0.2) is 5.66 Å². The van der Waals surface area contributed by atoms with Crippen molar-refractivity contribution in [1.29, 1.82) is 0 Å². The lowest BCUT2D eigenvalue weighted by Crippen LogP contribution is -3.19. The first-order chi connectivity index (χ1) is 13.4. The Balaban J connectivity index is 1.85. The van der Waals surface area contributed by atoms with E-state index in [-0.39, 0.29) is 23.0 Å². The lowest BCUT2D eigenvalue weighted by molar-refractivity contribution is -0.903. The molecule has 7 atom stereocenters. The van der Waals surface area contributed by atoms with Crippen LogP contribution >= 0.6 is 0 Å². The number of methoxy groups -OCH3 is 1. The average Bonchev–Trinajstić information content (AvgIpc) is 3.11. The van der Waals surface area contributed by atoms with Crippen LogP contribution in [0, 0.1) is 17.0 Å². The van der Waals surface area contributed by atoms with E-state index < -0.39 is 23.1 Å². The van der Waals surface area contributed by atoms with Gasteiger partial charge in [0, 0.05) is 36.4 Å². The standard InChI is InChI=1S/C22H28N2O4/c1-4-13-12-23(27)21(2)11-15(13)19(20(26)28-3)22-10-14(25)9-18(22)24(21)17-8-6-5-7-16(17)22/h4-8,14-15,18-19,23,25H,9-12H2,1-3H3. The number of nitrogens with zero attached hydrogens (tertiary/aromatic N) is 1. The summed E-state index contributed by atoms with van der Waals surface area (Å²) in [6.07, 6.45) is 3.24. The van der Waals surface area contributed by atoms with Crippen molar-refractivity contribution in [2.75, 3.05) is 18.6 Å². The maximum atomic E-state index is 13.4. The minimum absolute atomic E-state index is 0.0497. The van der Waals surface area contributed by atoms with Gasteiger partial charge in [0.05, 0.1) is 19.1 Å². The van der Waals surface area contributed by atoms with E-state index >= 15 is 0 Å². The van der Waals surface area contributed by atoms with Gasteiger partial charge in [-0.05, 0) is 37.0 Å². The zero-order valence-corrected chi connectivity index (χ0v) is 16.6. The fourth-order valence-electron chi connectivity index (χ4n) is 6.98. The second kappa shape index (κ2) is 5.81. The Morgan fingerprint density at radius 1 is 1.39 bits per heavy atom. The van der Waals surface area contributed by atoms with Gasteiger partial charge in [0.2, 0.25) is 0 Å². The van der Waals surface area contributed by atoms with Crippen LogP contribution in [0.1, 0.15) is 38.7 Å². The van der Waals surface area contributed by atoms with E-state index in [1.54, 1.807) is 0 Å². The van der Waals surface area contributed by atoms with Crippen molar-refractivity contribution in [2.45, 2.75) is 56.3 Å². The molecule has 150 valence electrons. The number of carbonyl (C=O) groups excluding carboxylic acids is 1. The van der Waals surface area contributed by atoms with Crippen LogP contribution < -0.4 is 9.96 Å². The number of anilines is 1. The molecule has 1 aromatic carbocycles. The molecular weight excluding hydrogens is 356 g/mol. The number of nitrogens with one attached hydrogen (secondary N) is 1. The van der Waals surface area contributed by atoms with Gasteiger partial charge in [0.25, 0.3) is 0 Å². The summed E-state index contributed by atoms with van der Waals surface area (Å²) in [6, 6.07) is 8.08. The molecule has 5 rings (SSSR count). The maximum Gasteiger partial charge on any atom is 0.310 e. The number of hydrogen-bond acceptors (Lipinski definition) is 5. The van der Waals surface area contributed by atoms with Gasteiger partial charge in [-0.3, -0.25) is 4.79 Å². The Labute approximate surface area is 165 Å². The average molecular weight is 384 g/mol. The summed E-state index contributed by atoms with van der Waals surface area (Å²) in [4.78, 5) is 15.5. The Morgan fingerprint density at radius 3 is 2.86 bits per heavy atom. The number of quaternary nitrogens is 1. The van der Waals surface area contributed by atoms with Crippen molar-refractivity contribution in [3.63, 3.8) is 0 Å². The molecule has 0 radical (unpaired) electrons. The van der Waals surface area contributed by atoms with Crippen molar-refractivity contribution in [1.82, 2.24) is 0 Å². The van der Waals surface area contributed by atoms with Gasteiger partial charge >= 0.3 is 5.97 Å². The molecule has 7 unspecified atom stereocenters. The van der Waals surface area contributed by atoms with E-state index in [4.69, 9.17) is 4.74 Å². The van der Waals surface area contributed by atoms with Crippen LogP contribution in [0.3, 0.4) is 0 Å². The molecule has 1 saturated carbocycles. The molecular formula is C22H28N2O4. The number of hydrogen-bond donors (Lipinski definition) is 2. The molecule has 1 aromatic rings. The van der Waals surface area contributed by atoms with Gasteiger partial charge in [-0.1, -0.05) is 24.3 Å². The first-order valence-corrected chi connectivity index (χ1v) is 10.2. The van der Waals surface area contributed by atoms with E-state index in [0.717, 1.165) is 16.8 Å². The molecule has 3 heterocycles. The number of para-hydroxylation sites is 1. The van der Waals surface area contributed by atoms with Crippen molar-refractivity contribution in [3.05, 3.63) is 46.7 Å². The highest BCUT2D eigenvalue weighted by Crippen LogP contribution is 2.64. The van der Waals surface area contributed by atoms with Crippen LogP contribution in [0.2, 0.25) is 0 Å². The summed E-state index contributed by atoms with van der Waals surface area (Å²) < 4.78 is 5.34. The predicted molar refractivity (Wildman–Crippen MR) is 105 cm³/mol. The van der Waals surface area contributed by atoms with E-state index in [2.05, 4.69) is 17.0 Å². The molecule has 2 N–H and O–H groups in total. The summed E-state index contributed by atoms with van der Waals surface area (Å²) in [5, 5.41) is 24.3. The lowest BCUT2D eigenvalue weighted by atomic mass is 9.61. The number of allylic oxidation sites excluding steroid dienone is 1. The van der Waals surface area contributed by atoms with E-state index in [9.17, 15) is 15.1 Å². The number of fused-ring (bicyclic) bond motifs is 5. The highest BCUT2D eigenvalue weighted by atomic mass is 16.5. The molecule has 4 aliphatic rings. The molecule has 0 aromatic heterocycles. The monoisotopic (exact) mass is 384 g/mol. The SMILES string of the molecule is CC=C1C[NH+]([O-])C2(C)CC1C(C(=O)OC)C13CC(O)CC1N2c1ccccc13. The molecule has 1 aliphatic carbocycles. The summed E-state index contributed by atoms with van der Waals surface area (Å²) in [5.74, 6) is -0.670. The number of aliphatic hydroxyl groups excluding tert-OH is 1. The number of esters is 1. The first kappa shape index (κ1) is 18.2. The van der Waals surface area contributed by atoms with Crippen LogP contribution in [-0.2, 0) is 14.9 Å². The van der Waals surface area contributed by atoms with Crippen LogP contribution in [0.5, 0.6) is 0 Å². The van der Waals surface area contributed by atoms with Crippen molar-refractivity contribution < 1.29 is 19.7 Å².